The van der Waals surface area contributed by atoms with Crippen LogP contribution < -0.4 is 5.32 Å². The molecule has 1 aromatic heterocycles. The standard InChI is InChI=1S/C12H23N5/c1-3-8-13-9-12-14-15-16-17(12)10(2)11-6-4-5-7-11/h10-11,13H,3-9H2,1-2H3. The molecule has 1 fully saturated rings. The summed E-state index contributed by atoms with van der Waals surface area (Å²) >= 11 is 0. The van der Waals surface area contributed by atoms with Crippen molar-refractivity contribution >= 4 is 0 Å². The maximum Gasteiger partial charge on any atom is 0.165 e. The molecule has 5 heteroatoms. The van der Waals surface area contributed by atoms with Gasteiger partial charge in [0.2, 0.25) is 0 Å². The summed E-state index contributed by atoms with van der Waals surface area (Å²) in [5.41, 5.74) is 0. The van der Waals surface area contributed by atoms with Gasteiger partial charge in [0.25, 0.3) is 0 Å². The molecular weight excluding hydrogens is 214 g/mol. The van der Waals surface area contributed by atoms with Crippen molar-refractivity contribution < 1.29 is 0 Å². The predicted molar refractivity (Wildman–Crippen MR) is 66.5 cm³/mol. The fourth-order valence-corrected chi connectivity index (χ4v) is 2.66. The molecule has 17 heavy (non-hydrogen) atoms. The minimum Gasteiger partial charge on any atom is -0.310 e. The number of hydrogen-bond acceptors (Lipinski definition) is 4. The van der Waals surface area contributed by atoms with Gasteiger partial charge >= 0.3 is 0 Å². The Kier molecular flexibility index (Phi) is 4.48. The smallest absolute Gasteiger partial charge is 0.165 e. The lowest BCUT2D eigenvalue weighted by Crippen LogP contribution is -2.22. The topological polar surface area (TPSA) is 55.6 Å². The van der Waals surface area contributed by atoms with Crippen molar-refractivity contribution in [3.05, 3.63) is 5.82 Å². The van der Waals surface area contributed by atoms with Gasteiger partial charge in [-0.15, -0.1) is 5.10 Å². The van der Waals surface area contributed by atoms with E-state index < -0.39 is 0 Å². The Balaban J connectivity index is 1.96. The number of hydrogen-bond donors (Lipinski definition) is 1. The van der Waals surface area contributed by atoms with E-state index in [9.17, 15) is 0 Å². The second kappa shape index (κ2) is 6.10. The van der Waals surface area contributed by atoms with Gasteiger partial charge in [0.05, 0.1) is 12.6 Å². The lowest BCUT2D eigenvalue weighted by Gasteiger charge is -2.19. The molecule has 1 heterocycles. The molecule has 1 aliphatic rings. The van der Waals surface area contributed by atoms with Gasteiger partial charge in [-0.1, -0.05) is 19.8 Å². The average Bonchev–Trinajstić information content (AvgIpc) is 3.00. The van der Waals surface area contributed by atoms with E-state index in [1.165, 1.54) is 25.7 Å². The van der Waals surface area contributed by atoms with Gasteiger partial charge < -0.3 is 5.32 Å². The number of tetrazole rings is 1. The first-order valence-corrected chi connectivity index (χ1v) is 6.80. The fourth-order valence-electron chi connectivity index (χ4n) is 2.66. The van der Waals surface area contributed by atoms with E-state index in [0.717, 1.165) is 31.3 Å². The molecule has 5 nitrogen and oxygen atoms in total. The summed E-state index contributed by atoms with van der Waals surface area (Å²) < 4.78 is 2.01. The maximum absolute atomic E-state index is 4.15. The van der Waals surface area contributed by atoms with Crippen LogP contribution in [0.15, 0.2) is 0 Å². The summed E-state index contributed by atoms with van der Waals surface area (Å²) in [5.74, 6) is 1.72. The fraction of sp³-hybridized carbons (Fsp3) is 0.917. The average molecular weight is 237 g/mol. The summed E-state index contributed by atoms with van der Waals surface area (Å²) in [6.07, 6.45) is 6.51. The Morgan fingerprint density at radius 3 is 2.88 bits per heavy atom. The first-order valence-electron chi connectivity index (χ1n) is 6.80. The van der Waals surface area contributed by atoms with Crippen LogP contribution in [0.4, 0.5) is 0 Å². The Morgan fingerprint density at radius 2 is 2.18 bits per heavy atom. The third-order valence-electron chi connectivity index (χ3n) is 3.74. The van der Waals surface area contributed by atoms with Crippen molar-refractivity contribution in [1.82, 2.24) is 25.5 Å². The van der Waals surface area contributed by atoms with Crippen LogP contribution in [0.2, 0.25) is 0 Å². The third-order valence-corrected chi connectivity index (χ3v) is 3.74. The second-order valence-corrected chi connectivity index (χ2v) is 5.00. The quantitative estimate of drug-likeness (QED) is 0.768. The van der Waals surface area contributed by atoms with Crippen molar-refractivity contribution in [3.8, 4) is 0 Å². The molecule has 0 aliphatic heterocycles. The summed E-state index contributed by atoms with van der Waals surface area (Å²) in [6, 6.07) is 0.436. The van der Waals surface area contributed by atoms with E-state index in [0.29, 0.717) is 6.04 Å². The van der Waals surface area contributed by atoms with E-state index >= 15 is 0 Å². The normalized spacial score (nSPS) is 18.7. The summed E-state index contributed by atoms with van der Waals surface area (Å²) in [7, 11) is 0. The molecule has 0 aromatic carbocycles. The van der Waals surface area contributed by atoms with Crippen molar-refractivity contribution in [1.29, 1.82) is 0 Å². The Morgan fingerprint density at radius 1 is 1.41 bits per heavy atom. The van der Waals surface area contributed by atoms with Gasteiger partial charge in [-0.25, -0.2) is 4.68 Å². The van der Waals surface area contributed by atoms with Crippen molar-refractivity contribution in [2.45, 2.75) is 58.5 Å². The minimum absolute atomic E-state index is 0.436. The molecule has 1 aliphatic carbocycles. The number of nitrogens with one attached hydrogen (secondary N) is 1. The molecule has 0 spiro atoms. The molecule has 0 saturated heterocycles. The highest BCUT2D eigenvalue weighted by Crippen LogP contribution is 2.33. The maximum atomic E-state index is 4.15. The zero-order chi connectivity index (χ0) is 12.1. The van der Waals surface area contributed by atoms with Crippen LogP contribution in [-0.2, 0) is 6.54 Å². The van der Waals surface area contributed by atoms with Crippen LogP contribution >= 0.6 is 0 Å². The number of rotatable bonds is 6. The molecule has 0 radical (unpaired) electrons. The second-order valence-electron chi connectivity index (χ2n) is 5.00. The van der Waals surface area contributed by atoms with Crippen molar-refractivity contribution in [2.24, 2.45) is 5.92 Å². The number of aromatic nitrogens is 4. The molecule has 1 saturated carbocycles. The molecule has 1 aromatic rings. The molecule has 1 unspecified atom stereocenters. The highest BCUT2D eigenvalue weighted by Gasteiger charge is 2.25. The Hall–Kier alpha value is -0.970. The van der Waals surface area contributed by atoms with Crippen LogP contribution in [0.5, 0.6) is 0 Å². The molecule has 1 N–H and O–H groups in total. The summed E-state index contributed by atoms with van der Waals surface area (Å²) in [5, 5.41) is 15.5. The largest absolute Gasteiger partial charge is 0.310 e. The summed E-state index contributed by atoms with van der Waals surface area (Å²) in [6.45, 7) is 6.20. The van der Waals surface area contributed by atoms with Crippen molar-refractivity contribution in [2.75, 3.05) is 6.54 Å². The zero-order valence-corrected chi connectivity index (χ0v) is 10.9. The van der Waals surface area contributed by atoms with Crippen LogP contribution in [0.3, 0.4) is 0 Å². The number of nitrogens with zero attached hydrogens (tertiary/aromatic N) is 4. The van der Waals surface area contributed by atoms with Gasteiger partial charge in [-0.05, 0) is 49.1 Å². The summed E-state index contributed by atoms with van der Waals surface area (Å²) in [4.78, 5) is 0. The van der Waals surface area contributed by atoms with Gasteiger partial charge in [-0.2, -0.15) is 0 Å². The predicted octanol–water partition coefficient (Wildman–Crippen LogP) is 1.92. The lowest BCUT2D eigenvalue weighted by molar-refractivity contribution is 0.319. The first-order chi connectivity index (χ1) is 8.33. The van der Waals surface area contributed by atoms with E-state index in [1.54, 1.807) is 0 Å². The van der Waals surface area contributed by atoms with Gasteiger partial charge in [0.15, 0.2) is 5.82 Å². The van der Waals surface area contributed by atoms with Crippen LogP contribution in [-0.4, -0.2) is 26.8 Å². The first kappa shape index (κ1) is 12.5. The monoisotopic (exact) mass is 237 g/mol. The lowest BCUT2D eigenvalue weighted by atomic mass is 10.00. The highest BCUT2D eigenvalue weighted by molar-refractivity contribution is 4.86. The highest BCUT2D eigenvalue weighted by atomic mass is 15.6. The molecular formula is C12H23N5. The van der Waals surface area contributed by atoms with Crippen LogP contribution in [0.1, 0.15) is 57.8 Å². The van der Waals surface area contributed by atoms with Crippen molar-refractivity contribution in [3.63, 3.8) is 0 Å². The Labute approximate surface area is 103 Å². The third kappa shape index (κ3) is 3.03. The zero-order valence-electron chi connectivity index (χ0n) is 10.9. The van der Waals surface area contributed by atoms with Crippen LogP contribution in [0, 0.1) is 5.92 Å². The van der Waals surface area contributed by atoms with Gasteiger partial charge in [-0.3, -0.25) is 0 Å². The van der Waals surface area contributed by atoms with E-state index in [2.05, 4.69) is 34.7 Å². The van der Waals surface area contributed by atoms with E-state index in [4.69, 9.17) is 0 Å². The van der Waals surface area contributed by atoms with Gasteiger partial charge in [0.1, 0.15) is 0 Å². The van der Waals surface area contributed by atoms with Gasteiger partial charge in [0, 0.05) is 0 Å². The molecule has 2 rings (SSSR count). The van der Waals surface area contributed by atoms with E-state index in [1.807, 2.05) is 4.68 Å². The molecule has 0 bridgehead atoms. The van der Waals surface area contributed by atoms with Crippen LogP contribution in [0.25, 0.3) is 0 Å². The van der Waals surface area contributed by atoms with E-state index in [-0.39, 0.29) is 0 Å². The molecule has 0 amide bonds. The Bertz CT molecular complexity index is 329. The molecule has 1 atom stereocenters. The minimum atomic E-state index is 0.436. The molecule has 96 valence electrons. The SMILES string of the molecule is CCCNCc1nnnn1C(C)C1CCCC1.